The average molecular weight is 287 g/mol. The van der Waals surface area contributed by atoms with E-state index in [2.05, 4.69) is 23.2 Å². The smallest absolute Gasteiger partial charge is 0.152 e. The fraction of sp³-hybridized carbons (Fsp3) is 0.923. The molecule has 0 amide bonds. The van der Waals surface area contributed by atoms with Gasteiger partial charge in [0.1, 0.15) is 5.54 Å². The maximum atomic E-state index is 11.3. The summed E-state index contributed by atoms with van der Waals surface area (Å²) in [5.41, 5.74) is -0.460. The first-order valence-electron chi connectivity index (χ1n) is 7.00. The van der Waals surface area contributed by atoms with Crippen molar-refractivity contribution >= 4 is 9.84 Å². The van der Waals surface area contributed by atoms with E-state index in [0.29, 0.717) is 13.1 Å². The Morgan fingerprint density at radius 1 is 1.37 bits per heavy atom. The van der Waals surface area contributed by atoms with E-state index < -0.39 is 15.4 Å². The van der Waals surface area contributed by atoms with E-state index in [9.17, 15) is 13.7 Å². The molecule has 0 aromatic carbocycles. The quantitative estimate of drug-likeness (QED) is 0.749. The van der Waals surface area contributed by atoms with E-state index in [4.69, 9.17) is 0 Å². The highest BCUT2D eigenvalue weighted by atomic mass is 32.2. The first-order valence-corrected chi connectivity index (χ1v) is 8.82. The number of nitrogens with zero attached hydrogens (tertiary/aromatic N) is 2. The normalized spacial score (nSPS) is 22.6. The van der Waals surface area contributed by atoms with Gasteiger partial charge in [-0.15, -0.1) is 0 Å². The highest BCUT2D eigenvalue weighted by Crippen LogP contribution is 2.13. The Morgan fingerprint density at radius 2 is 2.00 bits per heavy atom. The lowest BCUT2D eigenvalue weighted by Gasteiger charge is -2.28. The van der Waals surface area contributed by atoms with Crippen molar-refractivity contribution in [3.05, 3.63) is 0 Å². The summed E-state index contributed by atoms with van der Waals surface area (Å²) in [6.45, 7) is 7.01. The van der Waals surface area contributed by atoms with Gasteiger partial charge in [-0.1, -0.05) is 6.92 Å². The van der Waals surface area contributed by atoms with Crippen LogP contribution in [0.3, 0.4) is 0 Å². The minimum Gasteiger partial charge on any atom is -0.301 e. The number of nitrogens with one attached hydrogen (secondary N) is 1. The molecular formula is C13H25N3O2S. The van der Waals surface area contributed by atoms with Gasteiger partial charge in [0, 0.05) is 13.1 Å². The first-order chi connectivity index (χ1) is 8.91. The van der Waals surface area contributed by atoms with Gasteiger partial charge < -0.3 is 4.90 Å². The number of hydrogen-bond acceptors (Lipinski definition) is 5. The summed E-state index contributed by atoms with van der Waals surface area (Å²) in [7, 11) is -2.79. The monoisotopic (exact) mass is 287 g/mol. The molecule has 1 aliphatic rings. The molecule has 1 N–H and O–H groups in total. The van der Waals surface area contributed by atoms with Gasteiger partial charge in [-0.2, -0.15) is 5.26 Å². The molecule has 6 heteroatoms. The van der Waals surface area contributed by atoms with Crippen LogP contribution < -0.4 is 5.32 Å². The van der Waals surface area contributed by atoms with Crippen molar-refractivity contribution in [3.63, 3.8) is 0 Å². The molecule has 1 fully saturated rings. The Balaban J connectivity index is 2.28. The van der Waals surface area contributed by atoms with Crippen LogP contribution in [0, 0.1) is 11.3 Å². The second-order valence-electron chi connectivity index (χ2n) is 5.47. The zero-order valence-electron chi connectivity index (χ0n) is 12.0. The van der Waals surface area contributed by atoms with Crippen molar-refractivity contribution in [2.24, 2.45) is 0 Å². The van der Waals surface area contributed by atoms with E-state index in [-0.39, 0.29) is 11.5 Å². The molecule has 1 heterocycles. The van der Waals surface area contributed by atoms with Crippen LogP contribution in [0.5, 0.6) is 0 Å². The topological polar surface area (TPSA) is 73.2 Å². The summed E-state index contributed by atoms with van der Waals surface area (Å²) in [6, 6.07) is 2.34. The standard InChI is InChI=1S/C13H25N3O2S/c1-3-6-15-13(2,12-14)5-4-7-16-8-10-19(17,18)11-9-16/h15H,3-11H2,1-2H3. The zero-order valence-corrected chi connectivity index (χ0v) is 12.8. The van der Waals surface area contributed by atoms with Crippen molar-refractivity contribution in [3.8, 4) is 6.07 Å². The maximum absolute atomic E-state index is 11.3. The molecule has 1 rings (SSSR count). The summed E-state index contributed by atoms with van der Waals surface area (Å²) in [6.07, 6.45) is 2.73. The molecule has 110 valence electrons. The lowest BCUT2D eigenvalue weighted by Crippen LogP contribution is -2.43. The third-order valence-corrected chi connectivity index (χ3v) is 5.21. The predicted molar refractivity (Wildman–Crippen MR) is 76.6 cm³/mol. The molecule has 19 heavy (non-hydrogen) atoms. The van der Waals surface area contributed by atoms with E-state index in [1.54, 1.807) is 0 Å². The van der Waals surface area contributed by atoms with Crippen molar-refractivity contribution < 1.29 is 8.42 Å². The van der Waals surface area contributed by atoms with Gasteiger partial charge in [-0.3, -0.25) is 5.32 Å². The Kier molecular flexibility index (Phi) is 6.24. The number of sulfone groups is 1. The molecule has 5 nitrogen and oxygen atoms in total. The predicted octanol–water partition coefficient (Wildman–Crippen LogP) is 0.779. The molecule has 1 aliphatic heterocycles. The van der Waals surface area contributed by atoms with Crippen LogP contribution >= 0.6 is 0 Å². The van der Waals surface area contributed by atoms with Gasteiger partial charge in [0.05, 0.1) is 17.6 Å². The number of rotatable bonds is 7. The summed E-state index contributed by atoms with van der Waals surface area (Å²) in [5.74, 6) is 0.549. The second-order valence-corrected chi connectivity index (χ2v) is 7.77. The molecular weight excluding hydrogens is 262 g/mol. The fourth-order valence-electron chi connectivity index (χ4n) is 2.21. The lowest BCUT2D eigenvalue weighted by molar-refractivity contribution is 0.275. The van der Waals surface area contributed by atoms with Gasteiger partial charge in [0.2, 0.25) is 0 Å². The Bertz CT molecular complexity index is 402. The second kappa shape index (κ2) is 7.22. The highest BCUT2D eigenvalue weighted by molar-refractivity contribution is 7.91. The highest BCUT2D eigenvalue weighted by Gasteiger charge is 2.24. The van der Waals surface area contributed by atoms with Gasteiger partial charge in [0.25, 0.3) is 0 Å². The van der Waals surface area contributed by atoms with Gasteiger partial charge >= 0.3 is 0 Å². The minimum absolute atomic E-state index is 0.274. The summed E-state index contributed by atoms with van der Waals surface area (Å²) in [4.78, 5) is 2.18. The van der Waals surface area contributed by atoms with Crippen LogP contribution in [-0.2, 0) is 9.84 Å². The summed E-state index contributed by atoms with van der Waals surface area (Å²) >= 11 is 0. The number of hydrogen-bond donors (Lipinski definition) is 1. The van der Waals surface area contributed by atoms with Crippen LogP contribution in [0.25, 0.3) is 0 Å². The average Bonchev–Trinajstić information content (AvgIpc) is 2.38. The molecule has 1 atom stereocenters. The first kappa shape index (κ1) is 16.4. The van der Waals surface area contributed by atoms with Crippen molar-refractivity contribution in [2.45, 2.75) is 38.6 Å². The van der Waals surface area contributed by atoms with Crippen molar-refractivity contribution in [1.29, 1.82) is 5.26 Å². The third-order valence-electron chi connectivity index (χ3n) is 3.60. The molecule has 0 aromatic rings. The molecule has 0 saturated carbocycles. The van der Waals surface area contributed by atoms with Gasteiger partial charge in [0.15, 0.2) is 9.84 Å². The van der Waals surface area contributed by atoms with Crippen molar-refractivity contribution in [2.75, 3.05) is 37.7 Å². The van der Waals surface area contributed by atoms with Crippen molar-refractivity contribution in [1.82, 2.24) is 10.2 Å². The molecule has 0 bridgehead atoms. The Hall–Kier alpha value is -0.640. The zero-order chi connectivity index (χ0) is 14.4. The Morgan fingerprint density at radius 3 is 2.53 bits per heavy atom. The molecule has 0 spiro atoms. The van der Waals surface area contributed by atoms with Crippen LogP contribution in [0.1, 0.15) is 33.1 Å². The minimum atomic E-state index is -2.79. The van der Waals surface area contributed by atoms with Crippen LogP contribution in [0.2, 0.25) is 0 Å². The lowest BCUT2D eigenvalue weighted by atomic mass is 9.97. The summed E-state index contributed by atoms with van der Waals surface area (Å²) in [5, 5.41) is 12.5. The molecule has 1 unspecified atom stereocenters. The number of nitriles is 1. The molecule has 0 aromatic heterocycles. The third kappa shape index (κ3) is 5.89. The van der Waals surface area contributed by atoms with E-state index >= 15 is 0 Å². The Labute approximate surface area is 116 Å². The maximum Gasteiger partial charge on any atom is 0.152 e. The molecule has 0 aliphatic carbocycles. The van der Waals surface area contributed by atoms with Gasteiger partial charge in [-0.05, 0) is 39.3 Å². The van der Waals surface area contributed by atoms with E-state index in [1.807, 2.05) is 6.92 Å². The van der Waals surface area contributed by atoms with Gasteiger partial charge in [-0.25, -0.2) is 8.42 Å². The van der Waals surface area contributed by atoms with Crippen LogP contribution in [0.15, 0.2) is 0 Å². The SMILES string of the molecule is CCCNC(C)(C#N)CCCN1CCS(=O)(=O)CC1. The van der Waals surface area contributed by atoms with Crippen LogP contribution in [-0.4, -0.2) is 56.5 Å². The molecule has 0 radical (unpaired) electrons. The fourth-order valence-corrected chi connectivity index (χ4v) is 3.49. The van der Waals surface area contributed by atoms with Crippen LogP contribution in [0.4, 0.5) is 0 Å². The van der Waals surface area contributed by atoms with E-state index in [0.717, 1.165) is 32.4 Å². The molecule has 1 saturated heterocycles. The van der Waals surface area contributed by atoms with E-state index in [1.165, 1.54) is 0 Å². The summed E-state index contributed by atoms with van der Waals surface area (Å²) < 4.78 is 22.6. The largest absolute Gasteiger partial charge is 0.301 e.